The number of aryl methyl sites for hydroxylation is 2. The number of phenolic OH excluding ortho intramolecular Hbond substituents is 1. The summed E-state index contributed by atoms with van der Waals surface area (Å²) in [6.07, 6.45) is 3.62. The number of nitrogens with one attached hydrogen (secondary N) is 2. The summed E-state index contributed by atoms with van der Waals surface area (Å²) in [6.45, 7) is 4.15. The van der Waals surface area contributed by atoms with Crippen molar-refractivity contribution in [1.29, 1.82) is 0 Å². The highest BCUT2D eigenvalue weighted by Crippen LogP contribution is 2.38. The minimum atomic E-state index is -0.168. The molecule has 1 aromatic carbocycles. The molecule has 3 heterocycles. The monoisotopic (exact) mass is 362 g/mol. The van der Waals surface area contributed by atoms with Gasteiger partial charge >= 0.3 is 0 Å². The summed E-state index contributed by atoms with van der Waals surface area (Å²) in [5.41, 5.74) is 2.60. The zero-order chi connectivity index (χ0) is 18.1. The maximum atomic E-state index is 10.9. The Morgan fingerprint density at radius 2 is 2.00 bits per heavy atom. The van der Waals surface area contributed by atoms with Crippen molar-refractivity contribution in [3.8, 4) is 5.75 Å². The minimum Gasteiger partial charge on any atom is -0.505 e. The SMILES string of the molecule is Cc1cc[nH+]c(N[C@H](c2ccc(C)s2)c2ccc3cccnc3c2O)c1. The van der Waals surface area contributed by atoms with Crippen LogP contribution >= 0.6 is 11.3 Å². The van der Waals surface area contributed by atoms with Gasteiger partial charge < -0.3 is 5.11 Å². The molecule has 0 radical (unpaired) electrons. The highest BCUT2D eigenvalue weighted by atomic mass is 32.1. The molecule has 0 fully saturated rings. The van der Waals surface area contributed by atoms with Crippen molar-refractivity contribution in [3.63, 3.8) is 0 Å². The van der Waals surface area contributed by atoms with Crippen LogP contribution in [0.2, 0.25) is 0 Å². The number of hydrogen-bond acceptors (Lipinski definition) is 4. The number of aromatic nitrogens is 2. The van der Waals surface area contributed by atoms with E-state index in [9.17, 15) is 5.11 Å². The van der Waals surface area contributed by atoms with Crippen molar-refractivity contribution in [2.75, 3.05) is 5.32 Å². The quantitative estimate of drug-likeness (QED) is 0.556. The highest BCUT2D eigenvalue weighted by Gasteiger charge is 2.25. The molecule has 1 atom stereocenters. The first-order valence-electron chi connectivity index (χ1n) is 8.49. The number of rotatable bonds is 4. The van der Waals surface area contributed by atoms with Crippen molar-refractivity contribution < 1.29 is 10.1 Å². The molecular weight excluding hydrogens is 342 g/mol. The fourth-order valence-corrected chi connectivity index (χ4v) is 4.06. The van der Waals surface area contributed by atoms with Gasteiger partial charge in [-0.25, -0.2) is 4.98 Å². The molecule has 5 heteroatoms. The van der Waals surface area contributed by atoms with Crippen LogP contribution < -0.4 is 10.3 Å². The number of pyridine rings is 2. The van der Waals surface area contributed by atoms with Gasteiger partial charge in [0.05, 0.1) is 11.1 Å². The topological polar surface area (TPSA) is 59.3 Å². The van der Waals surface area contributed by atoms with E-state index < -0.39 is 0 Å². The first-order valence-corrected chi connectivity index (χ1v) is 9.31. The van der Waals surface area contributed by atoms with Crippen LogP contribution in [0.4, 0.5) is 5.82 Å². The zero-order valence-corrected chi connectivity index (χ0v) is 15.5. The number of benzene rings is 1. The Labute approximate surface area is 156 Å². The molecule has 4 nitrogen and oxygen atoms in total. The molecule has 0 spiro atoms. The molecule has 0 aliphatic heterocycles. The third-order valence-electron chi connectivity index (χ3n) is 4.39. The van der Waals surface area contributed by atoms with E-state index in [2.05, 4.69) is 47.3 Å². The molecular formula is C21H20N3OS+. The Kier molecular flexibility index (Phi) is 4.31. The Morgan fingerprint density at radius 1 is 1.12 bits per heavy atom. The Balaban J connectivity index is 1.84. The third kappa shape index (κ3) is 3.13. The lowest BCUT2D eigenvalue weighted by Gasteiger charge is -2.16. The second-order valence-corrected chi connectivity index (χ2v) is 7.70. The first-order chi connectivity index (χ1) is 12.6. The van der Waals surface area contributed by atoms with Gasteiger partial charge in [0.1, 0.15) is 11.3 Å². The summed E-state index contributed by atoms with van der Waals surface area (Å²) >= 11 is 1.72. The average molecular weight is 362 g/mol. The van der Waals surface area contributed by atoms with Gasteiger partial charge in [0.25, 0.3) is 5.82 Å². The van der Waals surface area contributed by atoms with E-state index in [1.165, 1.54) is 4.88 Å². The molecule has 0 saturated heterocycles. The van der Waals surface area contributed by atoms with Crippen LogP contribution in [-0.4, -0.2) is 10.1 Å². The molecule has 3 aromatic heterocycles. The highest BCUT2D eigenvalue weighted by molar-refractivity contribution is 7.12. The van der Waals surface area contributed by atoms with Gasteiger partial charge in [0.15, 0.2) is 6.04 Å². The lowest BCUT2D eigenvalue weighted by atomic mass is 10.0. The van der Waals surface area contributed by atoms with Crippen LogP contribution in [-0.2, 0) is 0 Å². The van der Waals surface area contributed by atoms with E-state index in [1.54, 1.807) is 17.5 Å². The number of aromatic amines is 1. The molecule has 4 aromatic rings. The van der Waals surface area contributed by atoms with Gasteiger partial charge in [-0.3, -0.25) is 10.3 Å². The summed E-state index contributed by atoms with van der Waals surface area (Å²) in [7, 11) is 0. The number of hydrogen-bond donors (Lipinski definition) is 2. The summed E-state index contributed by atoms with van der Waals surface area (Å²) in [5.74, 6) is 1.13. The molecule has 130 valence electrons. The molecule has 0 aliphatic rings. The Hall–Kier alpha value is -2.92. The second-order valence-electron chi connectivity index (χ2n) is 6.38. The largest absolute Gasteiger partial charge is 0.505 e. The molecule has 4 rings (SSSR count). The number of aromatic hydroxyl groups is 1. The van der Waals surface area contributed by atoms with Crippen molar-refractivity contribution in [2.24, 2.45) is 0 Å². The van der Waals surface area contributed by atoms with Gasteiger partial charge in [-0.2, -0.15) is 0 Å². The van der Waals surface area contributed by atoms with Crippen LogP contribution in [0.25, 0.3) is 10.9 Å². The number of phenols is 1. The molecule has 0 aliphatic carbocycles. The lowest BCUT2D eigenvalue weighted by Crippen LogP contribution is -2.18. The van der Waals surface area contributed by atoms with Gasteiger partial charge in [-0.15, -0.1) is 11.3 Å². The van der Waals surface area contributed by atoms with E-state index in [1.807, 2.05) is 36.5 Å². The van der Waals surface area contributed by atoms with Crippen LogP contribution in [0.3, 0.4) is 0 Å². The van der Waals surface area contributed by atoms with Gasteiger partial charge in [0.2, 0.25) is 0 Å². The van der Waals surface area contributed by atoms with E-state index >= 15 is 0 Å². The third-order valence-corrected chi connectivity index (χ3v) is 5.46. The average Bonchev–Trinajstić information content (AvgIpc) is 3.07. The first kappa shape index (κ1) is 16.5. The van der Waals surface area contributed by atoms with Gasteiger partial charge in [-0.1, -0.05) is 12.1 Å². The predicted octanol–water partition coefficient (Wildman–Crippen LogP) is 4.63. The number of fused-ring (bicyclic) bond motifs is 1. The Morgan fingerprint density at radius 3 is 2.77 bits per heavy atom. The normalized spacial score (nSPS) is 12.2. The van der Waals surface area contributed by atoms with Crippen LogP contribution in [0.15, 0.2) is 60.9 Å². The van der Waals surface area contributed by atoms with Crippen molar-refractivity contribution in [3.05, 3.63) is 81.8 Å². The van der Waals surface area contributed by atoms with Crippen LogP contribution in [0.5, 0.6) is 5.75 Å². The lowest BCUT2D eigenvalue weighted by molar-refractivity contribution is -0.361. The summed E-state index contributed by atoms with van der Waals surface area (Å²) in [5, 5.41) is 15.4. The Bertz CT molecular complexity index is 1070. The second kappa shape index (κ2) is 6.77. The van der Waals surface area contributed by atoms with Crippen LogP contribution in [0.1, 0.15) is 26.9 Å². The van der Waals surface area contributed by atoms with Crippen molar-refractivity contribution >= 4 is 28.1 Å². The summed E-state index contributed by atoms with van der Waals surface area (Å²) < 4.78 is 0. The molecule has 0 bridgehead atoms. The summed E-state index contributed by atoms with van der Waals surface area (Å²) in [4.78, 5) is 9.98. The van der Waals surface area contributed by atoms with Crippen molar-refractivity contribution in [1.82, 2.24) is 4.98 Å². The van der Waals surface area contributed by atoms with E-state index in [0.29, 0.717) is 5.52 Å². The van der Waals surface area contributed by atoms with Gasteiger partial charge in [-0.05, 0) is 49.7 Å². The fourth-order valence-electron chi connectivity index (χ4n) is 3.11. The summed E-state index contributed by atoms with van der Waals surface area (Å²) in [6, 6.07) is 15.9. The minimum absolute atomic E-state index is 0.168. The van der Waals surface area contributed by atoms with Gasteiger partial charge in [0, 0.05) is 28.1 Å². The number of nitrogens with zero attached hydrogens (tertiary/aromatic N) is 1. The zero-order valence-electron chi connectivity index (χ0n) is 14.7. The smallest absolute Gasteiger partial charge is 0.273 e. The van der Waals surface area contributed by atoms with Crippen molar-refractivity contribution in [2.45, 2.75) is 19.9 Å². The predicted molar refractivity (Wildman–Crippen MR) is 106 cm³/mol. The molecule has 26 heavy (non-hydrogen) atoms. The number of thiophene rings is 1. The molecule has 3 N–H and O–H groups in total. The maximum absolute atomic E-state index is 10.9. The maximum Gasteiger partial charge on any atom is 0.273 e. The van der Waals surface area contributed by atoms with E-state index in [4.69, 9.17) is 0 Å². The molecule has 0 amide bonds. The number of H-pyrrole nitrogens is 1. The fraction of sp³-hybridized carbons (Fsp3) is 0.143. The molecule has 0 saturated carbocycles. The number of anilines is 1. The molecule has 0 unspecified atom stereocenters. The van der Waals surface area contributed by atoms with E-state index in [0.717, 1.165) is 27.2 Å². The van der Waals surface area contributed by atoms with Crippen LogP contribution in [0, 0.1) is 13.8 Å². The standard InChI is InChI=1S/C21H19N3OS/c1-13-9-11-22-18(12-13)24-20(17-8-5-14(2)26-17)16-7-6-15-4-3-10-23-19(15)21(16)25/h3-12,20,25H,1-2H3,(H,22,24)/p+1/t20-/m0/s1. The van der Waals surface area contributed by atoms with E-state index in [-0.39, 0.29) is 11.8 Å².